The van der Waals surface area contributed by atoms with Crippen LogP contribution in [0.2, 0.25) is 0 Å². The molecule has 35 heavy (non-hydrogen) atoms. The second-order valence-corrected chi connectivity index (χ2v) is 9.38. The van der Waals surface area contributed by atoms with E-state index < -0.39 is 11.9 Å². The highest BCUT2D eigenvalue weighted by molar-refractivity contribution is 5.79. The molecule has 3 aromatic rings. The maximum absolute atomic E-state index is 12.9. The molecule has 0 radical (unpaired) electrons. The van der Waals surface area contributed by atoms with Gasteiger partial charge in [-0.05, 0) is 28.7 Å². The number of piperazine rings is 1. The van der Waals surface area contributed by atoms with Gasteiger partial charge in [-0.25, -0.2) is 4.79 Å². The summed E-state index contributed by atoms with van der Waals surface area (Å²) in [5, 5.41) is 18.0. The van der Waals surface area contributed by atoms with Crippen molar-refractivity contribution < 1.29 is 19.4 Å². The lowest BCUT2D eigenvalue weighted by molar-refractivity contribution is -0.142. The van der Waals surface area contributed by atoms with Gasteiger partial charge in [0.1, 0.15) is 12.4 Å². The van der Waals surface area contributed by atoms with Gasteiger partial charge in [-0.2, -0.15) is 0 Å². The van der Waals surface area contributed by atoms with Crippen LogP contribution in [0.3, 0.4) is 0 Å². The normalized spacial score (nSPS) is 19.1. The third-order valence-corrected chi connectivity index (χ3v) is 7.43. The predicted octanol–water partition coefficient (Wildman–Crippen LogP) is 3.00. The number of carbonyl (C=O) groups excluding carboxylic acids is 1. The number of anilines is 1. The van der Waals surface area contributed by atoms with Gasteiger partial charge in [-0.3, -0.25) is 9.36 Å². The smallest absolute Gasteiger partial charge is 0.409 e. The van der Waals surface area contributed by atoms with Crippen LogP contribution in [-0.2, 0) is 22.5 Å². The quantitative estimate of drug-likeness (QED) is 0.622. The summed E-state index contributed by atoms with van der Waals surface area (Å²) in [6, 6.07) is 16.6. The van der Waals surface area contributed by atoms with E-state index in [4.69, 9.17) is 4.74 Å². The second-order valence-electron chi connectivity index (χ2n) is 9.38. The maximum Gasteiger partial charge on any atom is 0.409 e. The summed E-state index contributed by atoms with van der Waals surface area (Å²) in [5.74, 6) is 0.363. The monoisotopic (exact) mass is 473 g/mol. The van der Waals surface area contributed by atoms with Crippen molar-refractivity contribution in [3.63, 3.8) is 0 Å². The summed E-state index contributed by atoms with van der Waals surface area (Å²) >= 11 is 0. The minimum Gasteiger partial charge on any atom is -0.481 e. The van der Waals surface area contributed by atoms with Crippen molar-refractivity contribution in [2.75, 3.05) is 37.7 Å². The first-order valence-corrected chi connectivity index (χ1v) is 12.1. The molecule has 180 valence electrons. The molecule has 1 N–H and O–H groups in total. The van der Waals surface area contributed by atoms with Crippen LogP contribution in [0, 0.1) is 5.92 Å². The van der Waals surface area contributed by atoms with Crippen molar-refractivity contribution in [2.24, 2.45) is 5.92 Å². The highest BCUT2D eigenvalue weighted by atomic mass is 16.6. The Balaban J connectivity index is 1.08. The van der Waals surface area contributed by atoms with Crippen LogP contribution in [0.4, 0.5) is 10.7 Å². The van der Waals surface area contributed by atoms with Crippen LogP contribution >= 0.6 is 0 Å². The largest absolute Gasteiger partial charge is 0.481 e. The molecule has 0 bridgehead atoms. The number of carboxylic acids is 1. The Labute approximate surface area is 202 Å². The minimum atomic E-state index is -0.782. The van der Waals surface area contributed by atoms with Gasteiger partial charge in [0.15, 0.2) is 0 Å². The van der Waals surface area contributed by atoms with Gasteiger partial charge < -0.3 is 19.6 Å². The topological polar surface area (TPSA) is 101 Å². The summed E-state index contributed by atoms with van der Waals surface area (Å²) in [6.45, 7) is 2.92. The zero-order valence-corrected chi connectivity index (χ0v) is 19.3. The highest BCUT2D eigenvalue weighted by Crippen LogP contribution is 2.44. The number of fused-ring (bicyclic) bond motifs is 4. The summed E-state index contributed by atoms with van der Waals surface area (Å²) in [4.78, 5) is 28.2. The molecule has 9 nitrogen and oxygen atoms in total. The lowest BCUT2D eigenvalue weighted by atomic mass is 9.98. The van der Waals surface area contributed by atoms with Crippen LogP contribution in [0.5, 0.6) is 0 Å². The van der Waals surface area contributed by atoms with Crippen LogP contribution in [0.25, 0.3) is 11.1 Å². The van der Waals surface area contributed by atoms with Gasteiger partial charge in [0.2, 0.25) is 5.95 Å². The first-order chi connectivity index (χ1) is 17.1. The molecule has 3 aliphatic rings. The Morgan fingerprint density at radius 1 is 0.943 bits per heavy atom. The SMILES string of the molecule is O=C(O)C1CCc2nnc(N3CCN(C(=O)OCC4c5ccccc5-c5ccccc54)CC3)n2C1. The average molecular weight is 474 g/mol. The molecule has 1 saturated heterocycles. The van der Waals surface area contributed by atoms with Gasteiger partial charge in [-0.15, -0.1) is 10.2 Å². The van der Waals surface area contributed by atoms with E-state index in [0.29, 0.717) is 58.1 Å². The molecule has 2 aliphatic heterocycles. The van der Waals surface area contributed by atoms with Crippen molar-refractivity contribution in [1.29, 1.82) is 0 Å². The molecule has 0 saturated carbocycles. The summed E-state index contributed by atoms with van der Waals surface area (Å²) in [5.41, 5.74) is 4.81. The molecule has 2 aromatic carbocycles. The standard InChI is InChI=1S/C26H27N5O4/c32-24(33)17-9-10-23-27-28-25(31(23)15-17)29-11-13-30(14-12-29)26(34)35-16-22-20-7-3-1-5-18(20)19-6-2-4-8-21(19)22/h1-8,17,22H,9-16H2,(H,32,33). The number of carboxylic acid groups (broad SMARTS) is 1. The van der Waals surface area contributed by atoms with Crippen molar-refractivity contribution in [3.05, 3.63) is 65.5 Å². The van der Waals surface area contributed by atoms with E-state index in [2.05, 4.69) is 39.4 Å². The number of amides is 1. The van der Waals surface area contributed by atoms with Crippen LogP contribution in [-0.4, -0.2) is 69.6 Å². The molecule has 1 amide bonds. The zero-order valence-electron chi connectivity index (χ0n) is 19.3. The number of aliphatic carboxylic acids is 1. The Bertz CT molecular complexity index is 1230. The lowest BCUT2D eigenvalue weighted by Crippen LogP contribution is -2.50. The van der Waals surface area contributed by atoms with E-state index in [1.54, 1.807) is 4.90 Å². The molecule has 6 rings (SSSR count). The molecule has 1 fully saturated rings. The molecule has 3 heterocycles. The molecular formula is C26H27N5O4. The van der Waals surface area contributed by atoms with E-state index in [1.165, 1.54) is 22.3 Å². The fraction of sp³-hybridized carbons (Fsp3) is 0.385. The van der Waals surface area contributed by atoms with Crippen LogP contribution < -0.4 is 4.90 Å². The maximum atomic E-state index is 12.9. The number of nitrogens with zero attached hydrogens (tertiary/aromatic N) is 5. The van der Waals surface area contributed by atoms with Crippen molar-refractivity contribution in [3.8, 4) is 11.1 Å². The Hall–Kier alpha value is -3.88. The summed E-state index contributed by atoms with van der Waals surface area (Å²) < 4.78 is 7.73. The third-order valence-electron chi connectivity index (χ3n) is 7.43. The first kappa shape index (κ1) is 21.6. The lowest BCUT2D eigenvalue weighted by Gasteiger charge is -2.35. The van der Waals surface area contributed by atoms with E-state index in [9.17, 15) is 14.7 Å². The van der Waals surface area contributed by atoms with E-state index in [-0.39, 0.29) is 12.0 Å². The number of aromatic nitrogens is 3. The zero-order chi connectivity index (χ0) is 23.9. The van der Waals surface area contributed by atoms with Crippen molar-refractivity contribution in [1.82, 2.24) is 19.7 Å². The number of ether oxygens (including phenoxy) is 1. The molecule has 0 spiro atoms. The molecule has 9 heteroatoms. The van der Waals surface area contributed by atoms with E-state index in [0.717, 1.165) is 5.82 Å². The second kappa shape index (κ2) is 8.72. The number of aryl methyl sites for hydroxylation is 1. The molecule has 1 atom stereocenters. The number of rotatable bonds is 4. The third kappa shape index (κ3) is 3.80. The molecular weight excluding hydrogens is 446 g/mol. The predicted molar refractivity (Wildman–Crippen MR) is 128 cm³/mol. The molecule has 1 aromatic heterocycles. The van der Waals surface area contributed by atoms with Gasteiger partial charge in [0.05, 0.1) is 5.92 Å². The molecule has 1 aliphatic carbocycles. The first-order valence-electron chi connectivity index (χ1n) is 12.1. The van der Waals surface area contributed by atoms with Gasteiger partial charge in [0, 0.05) is 45.1 Å². The Kier molecular flexibility index (Phi) is 5.39. The highest BCUT2D eigenvalue weighted by Gasteiger charge is 2.33. The van der Waals surface area contributed by atoms with Gasteiger partial charge in [-0.1, -0.05) is 48.5 Å². The van der Waals surface area contributed by atoms with E-state index in [1.807, 2.05) is 28.8 Å². The number of benzene rings is 2. The Morgan fingerprint density at radius 2 is 1.60 bits per heavy atom. The van der Waals surface area contributed by atoms with Crippen molar-refractivity contribution >= 4 is 18.0 Å². The number of hydrogen-bond acceptors (Lipinski definition) is 6. The minimum absolute atomic E-state index is 0.0392. The van der Waals surface area contributed by atoms with Crippen molar-refractivity contribution in [2.45, 2.75) is 25.3 Å². The fourth-order valence-electron chi connectivity index (χ4n) is 5.52. The fourth-order valence-corrected chi connectivity index (χ4v) is 5.52. The average Bonchev–Trinajstić information content (AvgIpc) is 3.46. The van der Waals surface area contributed by atoms with Crippen LogP contribution in [0.15, 0.2) is 48.5 Å². The summed E-state index contributed by atoms with van der Waals surface area (Å²) in [6.07, 6.45) is 0.896. The van der Waals surface area contributed by atoms with E-state index >= 15 is 0 Å². The van der Waals surface area contributed by atoms with Gasteiger partial charge in [0.25, 0.3) is 0 Å². The van der Waals surface area contributed by atoms with Gasteiger partial charge >= 0.3 is 12.1 Å². The van der Waals surface area contributed by atoms with Crippen LogP contribution in [0.1, 0.15) is 29.3 Å². The molecule has 1 unspecified atom stereocenters. The summed E-state index contributed by atoms with van der Waals surface area (Å²) in [7, 11) is 0. The number of carbonyl (C=O) groups is 2. The number of hydrogen-bond donors (Lipinski definition) is 1. The Morgan fingerprint density at radius 3 is 2.26 bits per heavy atom.